The van der Waals surface area contributed by atoms with Gasteiger partial charge in [0.25, 0.3) is 0 Å². The Bertz CT molecular complexity index is 486. The summed E-state index contributed by atoms with van der Waals surface area (Å²) in [6.07, 6.45) is 4.02. The van der Waals surface area contributed by atoms with Gasteiger partial charge in [-0.05, 0) is 25.5 Å². The van der Waals surface area contributed by atoms with Crippen LogP contribution in [0.5, 0.6) is 0 Å². The molecule has 100 valence electrons. The second-order valence-electron chi connectivity index (χ2n) is 3.70. The van der Waals surface area contributed by atoms with Crippen LogP contribution in [-0.4, -0.2) is 18.5 Å². The number of hydrogen-bond donors (Lipinski definition) is 0. The molecule has 1 aromatic carbocycles. The highest BCUT2D eigenvalue weighted by molar-refractivity contribution is 5.90. The average molecular weight is 260 g/mol. The third-order valence-electron chi connectivity index (χ3n) is 2.16. The summed E-state index contributed by atoms with van der Waals surface area (Å²) in [6.45, 7) is 3.51. The minimum absolute atomic E-state index is 0.239. The van der Waals surface area contributed by atoms with Gasteiger partial charge in [0.2, 0.25) is 0 Å². The molecule has 1 rings (SSSR count). The van der Waals surface area contributed by atoms with Crippen LogP contribution in [0.15, 0.2) is 48.2 Å². The zero-order valence-corrected chi connectivity index (χ0v) is 11.0. The van der Waals surface area contributed by atoms with Crippen LogP contribution < -0.4 is 0 Å². The Morgan fingerprint density at radius 1 is 1.21 bits per heavy atom. The van der Waals surface area contributed by atoms with Gasteiger partial charge in [-0.25, -0.2) is 9.59 Å². The molecule has 0 amide bonds. The molecule has 0 saturated heterocycles. The van der Waals surface area contributed by atoms with Crippen molar-refractivity contribution in [3.05, 3.63) is 53.8 Å². The fourth-order valence-corrected chi connectivity index (χ4v) is 1.21. The minimum Gasteiger partial charge on any atom is -0.463 e. The van der Waals surface area contributed by atoms with Crippen molar-refractivity contribution in [1.29, 1.82) is 0 Å². The highest BCUT2D eigenvalue weighted by Crippen LogP contribution is 2.02. The third kappa shape index (κ3) is 5.68. The Morgan fingerprint density at radius 3 is 2.53 bits per heavy atom. The summed E-state index contributed by atoms with van der Waals surface area (Å²) in [5.74, 6) is -1.05. The van der Waals surface area contributed by atoms with E-state index in [9.17, 15) is 9.59 Å². The van der Waals surface area contributed by atoms with Gasteiger partial charge >= 0.3 is 11.9 Å². The summed E-state index contributed by atoms with van der Waals surface area (Å²) in [5.41, 5.74) is 1.13. The molecule has 0 N–H and O–H groups in total. The van der Waals surface area contributed by atoms with Crippen molar-refractivity contribution in [3.8, 4) is 0 Å². The van der Waals surface area contributed by atoms with E-state index in [1.807, 2.05) is 30.3 Å². The smallest absolute Gasteiger partial charge is 0.336 e. The highest BCUT2D eigenvalue weighted by Gasteiger charge is 2.05. The molecule has 0 aromatic heterocycles. The number of hydrogen-bond acceptors (Lipinski definition) is 4. The molecular formula is C15H16O4. The maximum atomic E-state index is 11.4. The molecule has 0 saturated carbocycles. The first-order chi connectivity index (χ1) is 9.13. The summed E-state index contributed by atoms with van der Waals surface area (Å²) >= 11 is 0. The maximum absolute atomic E-state index is 11.4. The largest absolute Gasteiger partial charge is 0.463 e. The molecule has 0 aliphatic carbocycles. The maximum Gasteiger partial charge on any atom is 0.336 e. The van der Waals surface area contributed by atoms with Crippen molar-refractivity contribution >= 4 is 18.0 Å². The molecule has 4 nitrogen and oxygen atoms in total. The van der Waals surface area contributed by atoms with Crippen molar-refractivity contribution in [2.75, 3.05) is 6.61 Å². The molecule has 0 unspecified atom stereocenters. The third-order valence-corrected chi connectivity index (χ3v) is 2.16. The Morgan fingerprint density at radius 2 is 1.89 bits per heavy atom. The van der Waals surface area contributed by atoms with Gasteiger partial charge in [-0.2, -0.15) is 0 Å². The quantitative estimate of drug-likeness (QED) is 0.464. The summed E-state index contributed by atoms with van der Waals surface area (Å²) < 4.78 is 9.55. The predicted molar refractivity (Wildman–Crippen MR) is 72.0 cm³/mol. The molecule has 0 atom stereocenters. The summed E-state index contributed by atoms with van der Waals surface area (Å²) in [5, 5.41) is 0. The van der Waals surface area contributed by atoms with Crippen LogP contribution in [0, 0.1) is 0 Å². The van der Waals surface area contributed by atoms with Crippen molar-refractivity contribution < 1.29 is 19.1 Å². The van der Waals surface area contributed by atoms with Gasteiger partial charge in [0.1, 0.15) is 6.26 Å². The Balaban J connectivity index is 2.50. The van der Waals surface area contributed by atoms with Crippen LogP contribution in [0.3, 0.4) is 0 Å². The Labute approximate surface area is 112 Å². The van der Waals surface area contributed by atoms with Crippen LogP contribution in [-0.2, 0) is 19.1 Å². The van der Waals surface area contributed by atoms with Gasteiger partial charge in [-0.15, -0.1) is 0 Å². The minimum atomic E-state index is -0.549. The zero-order chi connectivity index (χ0) is 14.1. The van der Waals surface area contributed by atoms with E-state index in [2.05, 4.69) is 0 Å². The van der Waals surface area contributed by atoms with Crippen LogP contribution in [0.2, 0.25) is 0 Å². The second kappa shape index (κ2) is 7.87. The van der Waals surface area contributed by atoms with Gasteiger partial charge in [-0.1, -0.05) is 30.3 Å². The Hall–Kier alpha value is -2.36. The number of benzene rings is 1. The van der Waals surface area contributed by atoms with E-state index in [-0.39, 0.29) is 12.2 Å². The van der Waals surface area contributed by atoms with E-state index in [0.29, 0.717) is 0 Å². The van der Waals surface area contributed by atoms with Gasteiger partial charge in [0, 0.05) is 6.08 Å². The molecule has 0 spiro atoms. The van der Waals surface area contributed by atoms with Crippen molar-refractivity contribution in [2.24, 2.45) is 0 Å². The van der Waals surface area contributed by atoms with E-state index in [4.69, 9.17) is 9.47 Å². The lowest BCUT2D eigenvalue weighted by atomic mass is 10.2. The molecule has 0 radical (unpaired) electrons. The predicted octanol–water partition coefficient (Wildman–Crippen LogP) is 2.71. The first-order valence-electron chi connectivity index (χ1n) is 5.91. The lowest BCUT2D eigenvalue weighted by Crippen LogP contribution is -2.06. The van der Waals surface area contributed by atoms with Crippen LogP contribution >= 0.6 is 0 Å². The molecule has 0 aliphatic heterocycles. The topological polar surface area (TPSA) is 52.6 Å². The SMILES string of the molecule is CCOC(=O)C(C)=COC(=O)C=Cc1ccccc1. The average Bonchev–Trinajstić information content (AvgIpc) is 2.43. The Kier molecular flexibility index (Phi) is 6.09. The van der Waals surface area contributed by atoms with Crippen LogP contribution in [0.25, 0.3) is 6.08 Å². The van der Waals surface area contributed by atoms with Gasteiger partial charge in [0.05, 0.1) is 12.2 Å². The fraction of sp³-hybridized carbons (Fsp3) is 0.200. The molecule has 0 fully saturated rings. The van der Waals surface area contributed by atoms with E-state index in [0.717, 1.165) is 11.8 Å². The van der Waals surface area contributed by atoms with E-state index >= 15 is 0 Å². The van der Waals surface area contributed by atoms with Crippen LogP contribution in [0.1, 0.15) is 19.4 Å². The fourth-order valence-electron chi connectivity index (χ4n) is 1.21. The number of rotatable bonds is 5. The first-order valence-corrected chi connectivity index (χ1v) is 5.91. The molecule has 0 aliphatic rings. The number of esters is 2. The molecule has 0 heterocycles. The van der Waals surface area contributed by atoms with Crippen LogP contribution in [0.4, 0.5) is 0 Å². The van der Waals surface area contributed by atoms with Gasteiger partial charge in [0.15, 0.2) is 0 Å². The monoisotopic (exact) mass is 260 g/mol. The number of carbonyl (C=O) groups excluding carboxylic acids is 2. The normalized spacial score (nSPS) is 11.4. The molecule has 19 heavy (non-hydrogen) atoms. The molecule has 0 bridgehead atoms. The lowest BCUT2D eigenvalue weighted by Gasteiger charge is -2.00. The standard InChI is InChI=1S/C15H16O4/c1-3-18-15(17)12(2)11-19-14(16)10-9-13-7-5-4-6-8-13/h4-11H,3H2,1-2H3. The number of ether oxygens (including phenoxy) is 2. The summed E-state index contributed by atoms with van der Waals surface area (Å²) in [7, 11) is 0. The van der Waals surface area contributed by atoms with Crippen molar-refractivity contribution in [2.45, 2.75) is 13.8 Å². The van der Waals surface area contributed by atoms with Crippen molar-refractivity contribution in [1.82, 2.24) is 0 Å². The van der Waals surface area contributed by atoms with E-state index in [1.165, 1.54) is 13.0 Å². The molecule has 4 heteroatoms. The lowest BCUT2D eigenvalue weighted by molar-refractivity contribution is -0.138. The van der Waals surface area contributed by atoms with Crippen molar-refractivity contribution in [3.63, 3.8) is 0 Å². The zero-order valence-electron chi connectivity index (χ0n) is 11.0. The summed E-state index contributed by atoms with van der Waals surface area (Å²) in [4.78, 5) is 22.6. The summed E-state index contributed by atoms with van der Waals surface area (Å²) in [6, 6.07) is 9.36. The van der Waals surface area contributed by atoms with E-state index in [1.54, 1.807) is 13.0 Å². The van der Waals surface area contributed by atoms with E-state index < -0.39 is 11.9 Å². The highest BCUT2D eigenvalue weighted by atomic mass is 16.5. The second-order valence-corrected chi connectivity index (χ2v) is 3.70. The first kappa shape index (κ1) is 14.7. The molecular weight excluding hydrogens is 244 g/mol. The van der Waals surface area contributed by atoms with Gasteiger partial charge < -0.3 is 9.47 Å². The van der Waals surface area contributed by atoms with Gasteiger partial charge in [-0.3, -0.25) is 0 Å². The number of carbonyl (C=O) groups is 2. The molecule has 1 aromatic rings.